The van der Waals surface area contributed by atoms with Gasteiger partial charge in [0.25, 0.3) is 0 Å². The molecular weight excluding hydrogens is 317 g/mol. The zero-order chi connectivity index (χ0) is 16.2. The van der Waals surface area contributed by atoms with Crippen molar-refractivity contribution in [3.05, 3.63) is 24.3 Å². The normalized spacial score (nSPS) is 18.5. The molecule has 0 fully saturated rings. The van der Waals surface area contributed by atoms with E-state index in [9.17, 15) is 17.6 Å². The number of hydrogen-bond acceptors (Lipinski definition) is 6. The number of carbonyl (C=O) groups is 1. The Balaban J connectivity index is 1.99. The van der Waals surface area contributed by atoms with Crippen LogP contribution in [0.4, 0.5) is 4.39 Å². The van der Waals surface area contributed by atoms with Crippen molar-refractivity contribution in [1.29, 1.82) is 0 Å². The molecule has 0 aromatic heterocycles. The number of hydrogen-bond donors (Lipinski definition) is 1. The van der Waals surface area contributed by atoms with E-state index in [1.54, 1.807) is 24.3 Å². The molecule has 0 amide bonds. The first kappa shape index (κ1) is 16.5. The van der Waals surface area contributed by atoms with Crippen molar-refractivity contribution >= 4 is 16.0 Å². The Bertz CT molecular complexity index is 635. The van der Waals surface area contributed by atoms with Gasteiger partial charge in [-0.05, 0) is 12.1 Å². The highest BCUT2D eigenvalue weighted by Gasteiger charge is 2.30. The second kappa shape index (κ2) is 6.93. The summed E-state index contributed by atoms with van der Waals surface area (Å²) in [5.74, 6) is -0.490. The fourth-order valence-electron chi connectivity index (χ4n) is 1.94. The predicted molar refractivity (Wildman–Crippen MR) is 75.1 cm³/mol. The second-order valence-corrected chi connectivity index (χ2v) is 6.43. The largest absolute Gasteiger partial charge is 0.486 e. The number of sulfonamides is 1. The van der Waals surface area contributed by atoms with E-state index in [1.165, 1.54) is 0 Å². The van der Waals surface area contributed by atoms with E-state index >= 15 is 0 Å². The molecule has 7 nitrogen and oxygen atoms in total. The van der Waals surface area contributed by atoms with Gasteiger partial charge in [-0.15, -0.1) is 0 Å². The molecule has 1 N–H and O–H groups in total. The lowest BCUT2D eigenvalue weighted by atomic mass is 10.3. The SMILES string of the molecule is COC(=O)C(CF)NS(=O)(=O)CC1COc2ccccc2O1. The van der Waals surface area contributed by atoms with E-state index < -0.39 is 40.6 Å². The minimum Gasteiger partial charge on any atom is -0.486 e. The van der Waals surface area contributed by atoms with Gasteiger partial charge in [-0.3, -0.25) is 4.79 Å². The number of halogens is 1. The van der Waals surface area contributed by atoms with Gasteiger partial charge in [0, 0.05) is 0 Å². The molecule has 1 heterocycles. The highest BCUT2D eigenvalue weighted by atomic mass is 32.2. The Hall–Kier alpha value is -1.87. The molecule has 1 aromatic carbocycles. The maximum absolute atomic E-state index is 12.7. The summed E-state index contributed by atoms with van der Waals surface area (Å²) in [6.45, 7) is -1.16. The van der Waals surface area contributed by atoms with E-state index in [4.69, 9.17) is 9.47 Å². The third-order valence-electron chi connectivity index (χ3n) is 2.93. The summed E-state index contributed by atoms with van der Waals surface area (Å²) in [5.41, 5.74) is 0. The van der Waals surface area contributed by atoms with Crippen LogP contribution in [0.5, 0.6) is 11.5 Å². The van der Waals surface area contributed by atoms with E-state index in [2.05, 4.69) is 4.74 Å². The summed E-state index contributed by atoms with van der Waals surface area (Å²) in [4.78, 5) is 11.2. The van der Waals surface area contributed by atoms with Crippen LogP contribution in [-0.4, -0.2) is 52.7 Å². The van der Waals surface area contributed by atoms with E-state index in [-0.39, 0.29) is 6.61 Å². The van der Waals surface area contributed by atoms with Crippen LogP contribution in [0.25, 0.3) is 0 Å². The molecule has 1 aliphatic heterocycles. The van der Waals surface area contributed by atoms with Gasteiger partial charge in [0.15, 0.2) is 11.5 Å². The molecule has 0 aliphatic carbocycles. The summed E-state index contributed by atoms with van der Waals surface area (Å²) >= 11 is 0. The van der Waals surface area contributed by atoms with Gasteiger partial charge in [0.05, 0.1) is 7.11 Å². The Morgan fingerprint density at radius 1 is 1.45 bits per heavy atom. The summed E-state index contributed by atoms with van der Waals surface area (Å²) in [5, 5.41) is 0. The molecular formula is C13H16FNO6S. The van der Waals surface area contributed by atoms with Crippen LogP contribution in [0, 0.1) is 0 Å². The predicted octanol–water partition coefficient (Wildman–Crippen LogP) is 0.257. The molecule has 0 bridgehead atoms. The number of alkyl halides is 1. The summed E-state index contributed by atoms with van der Waals surface area (Å²) in [6, 6.07) is 5.29. The van der Waals surface area contributed by atoms with Crippen molar-refractivity contribution in [3.8, 4) is 11.5 Å². The van der Waals surface area contributed by atoms with Crippen LogP contribution in [0.1, 0.15) is 0 Å². The van der Waals surface area contributed by atoms with Crippen molar-refractivity contribution in [2.24, 2.45) is 0 Å². The molecule has 2 rings (SSSR count). The number of nitrogens with one attached hydrogen (secondary N) is 1. The first-order valence-corrected chi connectivity index (χ1v) is 8.12. The Kier molecular flexibility index (Phi) is 5.19. The highest BCUT2D eigenvalue weighted by Crippen LogP contribution is 2.31. The van der Waals surface area contributed by atoms with E-state index in [0.717, 1.165) is 7.11 Å². The topological polar surface area (TPSA) is 90.9 Å². The molecule has 0 radical (unpaired) electrons. The van der Waals surface area contributed by atoms with Gasteiger partial charge >= 0.3 is 5.97 Å². The standard InChI is InChI=1S/C13H16FNO6S/c1-19-13(16)10(6-14)15-22(17,18)8-9-7-20-11-4-2-3-5-12(11)21-9/h2-5,9-10,15H,6-8H2,1H3. The zero-order valence-corrected chi connectivity index (χ0v) is 12.6. The van der Waals surface area contributed by atoms with Gasteiger partial charge < -0.3 is 14.2 Å². The average molecular weight is 333 g/mol. The van der Waals surface area contributed by atoms with Crippen LogP contribution in [0.15, 0.2) is 24.3 Å². The third kappa shape index (κ3) is 4.08. The first-order valence-electron chi connectivity index (χ1n) is 6.47. The van der Waals surface area contributed by atoms with E-state index in [1.807, 2.05) is 4.72 Å². The van der Waals surface area contributed by atoms with Crippen molar-refractivity contribution in [2.45, 2.75) is 12.1 Å². The maximum atomic E-state index is 12.7. The fourth-order valence-corrected chi connectivity index (χ4v) is 3.28. The molecule has 0 saturated carbocycles. The van der Waals surface area contributed by atoms with Gasteiger partial charge in [-0.1, -0.05) is 12.1 Å². The lowest BCUT2D eigenvalue weighted by Gasteiger charge is -2.26. The first-order chi connectivity index (χ1) is 10.4. The Labute approximate surface area is 127 Å². The number of methoxy groups -OCH3 is 1. The second-order valence-electron chi connectivity index (χ2n) is 4.63. The van der Waals surface area contributed by atoms with Crippen molar-refractivity contribution in [3.63, 3.8) is 0 Å². The molecule has 9 heteroatoms. The number of carbonyl (C=O) groups excluding carboxylic acids is 1. The van der Waals surface area contributed by atoms with Crippen LogP contribution in [-0.2, 0) is 19.6 Å². The van der Waals surface area contributed by atoms with Crippen molar-refractivity contribution in [1.82, 2.24) is 4.72 Å². The van der Waals surface area contributed by atoms with Crippen LogP contribution >= 0.6 is 0 Å². The fraction of sp³-hybridized carbons (Fsp3) is 0.462. The Morgan fingerprint density at radius 3 is 2.77 bits per heavy atom. The average Bonchev–Trinajstić information content (AvgIpc) is 2.51. The lowest BCUT2D eigenvalue weighted by Crippen LogP contribution is -2.47. The zero-order valence-electron chi connectivity index (χ0n) is 11.8. The number of esters is 1. The van der Waals surface area contributed by atoms with E-state index in [0.29, 0.717) is 11.5 Å². The van der Waals surface area contributed by atoms with Crippen LogP contribution in [0.3, 0.4) is 0 Å². The van der Waals surface area contributed by atoms with Gasteiger partial charge in [-0.2, -0.15) is 4.72 Å². The number of fused-ring (bicyclic) bond motifs is 1. The lowest BCUT2D eigenvalue weighted by molar-refractivity contribution is -0.142. The highest BCUT2D eigenvalue weighted by molar-refractivity contribution is 7.89. The Morgan fingerprint density at radius 2 is 2.14 bits per heavy atom. The molecule has 0 spiro atoms. The van der Waals surface area contributed by atoms with Crippen molar-refractivity contribution < 1.29 is 31.8 Å². The maximum Gasteiger partial charge on any atom is 0.326 e. The van der Waals surface area contributed by atoms with Crippen molar-refractivity contribution in [2.75, 3.05) is 26.1 Å². The van der Waals surface area contributed by atoms with Gasteiger partial charge in [0.1, 0.15) is 31.2 Å². The monoisotopic (exact) mass is 333 g/mol. The van der Waals surface area contributed by atoms with Crippen LogP contribution in [0.2, 0.25) is 0 Å². The summed E-state index contributed by atoms with van der Waals surface area (Å²) in [7, 11) is -2.90. The number of rotatable bonds is 6. The minimum absolute atomic E-state index is 0.0381. The number of para-hydroxylation sites is 2. The summed E-state index contributed by atoms with van der Waals surface area (Å²) in [6.07, 6.45) is -0.759. The van der Waals surface area contributed by atoms with Crippen LogP contribution < -0.4 is 14.2 Å². The third-order valence-corrected chi connectivity index (χ3v) is 4.39. The smallest absolute Gasteiger partial charge is 0.326 e. The minimum atomic E-state index is -3.95. The molecule has 0 saturated heterocycles. The molecule has 22 heavy (non-hydrogen) atoms. The summed E-state index contributed by atoms with van der Waals surface area (Å²) < 4.78 is 53.9. The van der Waals surface area contributed by atoms with Gasteiger partial charge in [0.2, 0.25) is 10.0 Å². The molecule has 2 unspecified atom stereocenters. The molecule has 1 aliphatic rings. The van der Waals surface area contributed by atoms with Gasteiger partial charge in [-0.25, -0.2) is 12.8 Å². The number of ether oxygens (including phenoxy) is 3. The molecule has 1 aromatic rings. The molecule has 2 atom stereocenters. The molecule has 122 valence electrons. The number of benzene rings is 1. The quantitative estimate of drug-likeness (QED) is 0.751.